The fraction of sp³-hybridized carbons (Fsp3) is 0.484. The molecule has 145 heavy (non-hydrogen) atoms. The monoisotopic (exact) mass is 2010 g/mol. The highest BCUT2D eigenvalue weighted by Crippen LogP contribution is 2.54. The zero-order valence-electron chi connectivity index (χ0n) is 88.5. The number of hydrogen-bond donors (Lipinski definition) is 3. The Labute approximate surface area is 877 Å². The highest BCUT2D eigenvalue weighted by Gasteiger charge is 2.52. The van der Waals surface area contributed by atoms with E-state index >= 15 is 0 Å². The molecule has 772 valence electrons. The molecule has 8 heterocycles. The van der Waals surface area contributed by atoms with Crippen molar-refractivity contribution in [3.8, 4) is 44.5 Å². The Morgan fingerprint density at radius 1 is 0.331 bits per heavy atom. The van der Waals surface area contributed by atoms with E-state index in [1.807, 2.05) is 0 Å². The van der Waals surface area contributed by atoms with Crippen LogP contribution in [0, 0.1) is 39.9 Å². The second-order valence-corrected chi connectivity index (χ2v) is 51.0. The maximum absolute atomic E-state index is 9.62. The van der Waals surface area contributed by atoms with Gasteiger partial charge in [-0.25, -0.2) is 0 Å². The molecule has 7 aliphatic rings. The SMILES string of the molecule is CN(C)Cc1c(-c2ccccc2)ccc2c(CCC3CCN(CC4(CC[Si](c5ccccc5)(c5ccccc5)C(C)(C)C)CC4)CC3)noc12.CN(C)Cc1c(-c2ccccc2)ccc2c(CCC3CCN(CC4(CO)CC4)CC3)noc12.CN(C)Cc1c(-c2ccccc2)ccc2c(CCC3CCN(CC4(CO)CC4)CC3)noc12.CN(C)Cc1c(-c2ccccc2)ccc2c(CCC3CCNCC3)noc12.Cl.Cl. The fourth-order valence-electron chi connectivity index (χ4n) is 24.2. The molecular weight excluding hydrogens is 1850 g/mol. The summed E-state index contributed by atoms with van der Waals surface area (Å²) < 4.78 is 23.9. The zero-order chi connectivity index (χ0) is 99.1. The van der Waals surface area contributed by atoms with Gasteiger partial charge in [-0.3, -0.25) is 0 Å². The molecule has 0 atom stereocenters. The average molecular weight is 2020 g/mol. The number of aromatic nitrogens is 4. The molecule has 21 rings (SSSR count). The Morgan fingerprint density at radius 3 is 0.807 bits per heavy atom. The fourth-order valence-corrected chi connectivity index (χ4v) is 30.0. The molecule has 0 amide bonds. The van der Waals surface area contributed by atoms with Crippen molar-refractivity contribution >= 4 is 87.1 Å². The Morgan fingerprint density at radius 2 is 0.572 bits per heavy atom. The second kappa shape index (κ2) is 49.7. The predicted octanol–water partition coefficient (Wildman–Crippen LogP) is 24.7. The minimum Gasteiger partial charge on any atom is -0.396 e. The molecule has 18 nitrogen and oxygen atoms in total. The number of likely N-dealkylation sites (tertiary alicyclic amines) is 3. The molecule has 10 aromatic carbocycles. The van der Waals surface area contributed by atoms with E-state index in [-0.39, 0.29) is 40.7 Å². The van der Waals surface area contributed by atoms with Crippen molar-refractivity contribution in [3.05, 3.63) is 276 Å². The molecule has 3 saturated carbocycles. The number of benzene rings is 10. The first-order valence-electron chi connectivity index (χ1n) is 54.1. The number of rotatable bonds is 37. The Hall–Kier alpha value is -9.52. The van der Waals surface area contributed by atoms with Gasteiger partial charge in [-0.2, -0.15) is 0 Å². The number of nitrogens with zero attached hydrogens (tertiary/aromatic N) is 11. The van der Waals surface area contributed by atoms with Gasteiger partial charge in [0.15, 0.2) is 22.3 Å². The van der Waals surface area contributed by atoms with Gasteiger partial charge in [0.05, 0.1) is 22.8 Å². The minimum absolute atomic E-state index is 0. The molecule has 7 fully saturated rings. The first kappa shape index (κ1) is 108. The molecule has 21 heteroatoms. The molecule has 14 aromatic rings. The largest absolute Gasteiger partial charge is 0.396 e. The summed E-state index contributed by atoms with van der Waals surface area (Å²) in [5.41, 5.74) is 23.9. The van der Waals surface area contributed by atoms with Gasteiger partial charge < -0.3 is 67.9 Å². The van der Waals surface area contributed by atoms with Gasteiger partial charge in [0.1, 0.15) is 8.07 Å². The van der Waals surface area contributed by atoms with Gasteiger partial charge in [-0.15, -0.1) is 24.8 Å². The molecule has 0 bridgehead atoms. The standard InChI is InChI=1S/C45H57N3OSi.2C28H37N3O2.C23H29N3O.2ClH/c1-44(2,3)50(37-17-11-7-12-18-37,38-19-13-8-14-20-38)32-29-45(27-28-45)34-48-30-25-35(26-31-48)21-24-42-40-23-22-39(36-15-9-6-10-16-36)41(33-47(4)5)43(40)49-46-42;2*1-30(2)18-25-23(22-6-4-3-5-7-22)9-10-24-26(29-33-27(24)25)11-8-21-12-16-31(17-13-21)19-28(20-32)14-15-28;1-26(2)16-21-19(18-6-4-3-5-7-18)9-10-20-22(25-27-23(20)21)11-8-17-12-14-24-15-13-17;;/h6-20,22-23,35H,21,24-34H2,1-5H3;2*3-7,9-10,21,32H,8,11-20H2,1-2H3;3-7,9-10,17,24H,8,11-16H2,1-2H3;2*1H. The van der Waals surface area contributed by atoms with E-state index < -0.39 is 8.07 Å². The average Bonchev–Trinajstić information content (AvgIpc) is 1.69. The highest BCUT2D eigenvalue weighted by atomic mass is 35.5. The van der Waals surface area contributed by atoms with Gasteiger partial charge in [0.2, 0.25) is 0 Å². The van der Waals surface area contributed by atoms with Crippen LogP contribution in [0.4, 0.5) is 0 Å². The summed E-state index contributed by atoms with van der Waals surface area (Å²) in [6.07, 6.45) is 27.8. The number of piperidine rings is 4. The smallest absolute Gasteiger partial charge is 0.172 e. The summed E-state index contributed by atoms with van der Waals surface area (Å²) >= 11 is 0. The lowest BCUT2D eigenvalue weighted by atomic mass is 9.90. The number of aryl methyl sites for hydroxylation is 4. The van der Waals surface area contributed by atoms with Crippen molar-refractivity contribution < 1.29 is 28.3 Å². The third-order valence-electron chi connectivity index (χ3n) is 33.3. The van der Waals surface area contributed by atoms with Crippen molar-refractivity contribution in [2.45, 2.75) is 206 Å². The van der Waals surface area contributed by atoms with Gasteiger partial charge in [0, 0.05) is 114 Å². The van der Waals surface area contributed by atoms with E-state index in [0.29, 0.717) is 18.6 Å². The van der Waals surface area contributed by atoms with Crippen molar-refractivity contribution in [2.24, 2.45) is 39.9 Å². The van der Waals surface area contributed by atoms with Crippen molar-refractivity contribution in [1.29, 1.82) is 0 Å². The predicted molar refractivity (Wildman–Crippen MR) is 604 cm³/mol. The van der Waals surface area contributed by atoms with Gasteiger partial charge in [-0.05, 0) is 365 Å². The summed E-state index contributed by atoms with van der Waals surface area (Å²) in [6, 6.07) is 84.6. The number of hydrogen-bond acceptors (Lipinski definition) is 18. The van der Waals surface area contributed by atoms with Crippen LogP contribution in [0.25, 0.3) is 88.4 Å². The number of nitrogens with one attached hydrogen (secondary N) is 1. The summed E-state index contributed by atoms with van der Waals surface area (Å²) in [7, 11) is 14.8. The van der Waals surface area contributed by atoms with Crippen LogP contribution >= 0.6 is 24.8 Å². The van der Waals surface area contributed by atoms with Crippen LogP contribution in [0.15, 0.2) is 249 Å². The molecule has 3 N–H and O–H groups in total. The number of fused-ring (bicyclic) bond motifs is 4. The van der Waals surface area contributed by atoms with Crippen molar-refractivity contribution in [2.75, 3.05) is 142 Å². The summed E-state index contributed by atoms with van der Waals surface area (Å²) in [4.78, 5) is 16.8. The number of aliphatic hydroxyl groups excluding tert-OH is 2. The molecule has 4 aliphatic heterocycles. The lowest BCUT2D eigenvalue weighted by Gasteiger charge is -2.45. The number of aliphatic hydroxyl groups is 2. The molecule has 4 aromatic heterocycles. The van der Waals surface area contributed by atoms with Crippen LogP contribution in [0.3, 0.4) is 0 Å². The van der Waals surface area contributed by atoms with E-state index in [0.717, 1.165) is 147 Å². The van der Waals surface area contributed by atoms with Crippen LogP contribution in [0.2, 0.25) is 11.1 Å². The van der Waals surface area contributed by atoms with Crippen LogP contribution in [-0.4, -0.2) is 215 Å². The van der Waals surface area contributed by atoms with Crippen LogP contribution in [-0.2, 0) is 51.9 Å². The van der Waals surface area contributed by atoms with Crippen LogP contribution in [0.5, 0.6) is 0 Å². The molecular formula is C124H162Cl2N12O6Si. The third kappa shape index (κ3) is 26.9. The molecule has 4 saturated heterocycles. The highest BCUT2D eigenvalue weighted by molar-refractivity contribution is 7.04. The summed E-state index contributed by atoms with van der Waals surface area (Å²) in [6.45, 7) is 24.4. The maximum Gasteiger partial charge on any atom is 0.172 e. The summed E-state index contributed by atoms with van der Waals surface area (Å²) in [5.74, 6) is 3.07. The number of halogens is 2. The zero-order valence-corrected chi connectivity index (χ0v) is 91.1. The normalized spacial score (nSPS) is 17.4. The Kier molecular flexibility index (Phi) is 37.1. The minimum atomic E-state index is -2.02. The lowest BCUT2D eigenvalue weighted by molar-refractivity contribution is 0.115. The Bertz CT molecular complexity index is 6150. The van der Waals surface area contributed by atoms with Gasteiger partial charge in [-0.1, -0.05) is 258 Å². The maximum atomic E-state index is 9.62. The van der Waals surface area contributed by atoms with Gasteiger partial charge >= 0.3 is 0 Å². The van der Waals surface area contributed by atoms with Crippen molar-refractivity contribution in [1.82, 2.24) is 60.2 Å². The van der Waals surface area contributed by atoms with Crippen LogP contribution < -0.4 is 15.7 Å². The van der Waals surface area contributed by atoms with Crippen LogP contribution in [0.1, 0.15) is 188 Å². The first-order valence-corrected chi connectivity index (χ1v) is 56.4. The Balaban J connectivity index is 0.000000142. The third-order valence-corrected chi connectivity index (χ3v) is 39.5. The molecule has 0 spiro atoms. The van der Waals surface area contributed by atoms with E-state index in [2.05, 4.69) is 368 Å². The topological polar surface area (TPSA) is 179 Å². The molecule has 3 aliphatic carbocycles. The quantitative estimate of drug-likeness (QED) is 0.0313. The second-order valence-electron chi connectivity index (χ2n) is 46.0. The van der Waals surface area contributed by atoms with E-state index in [1.54, 1.807) is 10.4 Å². The van der Waals surface area contributed by atoms with E-state index in [4.69, 9.17) is 18.1 Å². The molecule has 0 unspecified atom stereocenters. The summed E-state index contributed by atoms with van der Waals surface area (Å²) in [5, 5.41) is 49.0. The first-order chi connectivity index (χ1) is 69.5. The van der Waals surface area contributed by atoms with Gasteiger partial charge in [0.25, 0.3) is 0 Å². The molecule has 0 radical (unpaired) electrons. The van der Waals surface area contributed by atoms with E-state index in [1.165, 1.54) is 262 Å². The van der Waals surface area contributed by atoms with E-state index in [9.17, 15) is 10.2 Å². The lowest BCUT2D eigenvalue weighted by Crippen LogP contribution is -2.64. The van der Waals surface area contributed by atoms with Crippen molar-refractivity contribution in [3.63, 3.8) is 0 Å².